The molecule has 0 atom stereocenters. The highest BCUT2D eigenvalue weighted by Gasteiger charge is 2.05. The van der Waals surface area contributed by atoms with Gasteiger partial charge in [-0.15, -0.1) is 0 Å². The van der Waals surface area contributed by atoms with Crippen molar-refractivity contribution in [1.29, 1.82) is 0 Å². The maximum atomic E-state index is 11.2. The van der Waals surface area contributed by atoms with E-state index in [0.717, 1.165) is 12.6 Å². The highest BCUT2D eigenvalue weighted by molar-refractivity contribution is 5.85. The van der Waals surface area contributed by atoms with Gasteiger partial charge in [-0.05, 0) is 6.42 Å². The van der Waals surface area contributed by atoms with Crippen LogP contribution in [0.2, 0.25) is 0 Å². The summed E-state index contributed by atoms with van der Waals surface area (Å²) in [6.07, 6.45) is 3.28. The van der Waals surface area contributed by atoms with Crippen LogP contribution in [-0.4, -0.2) is 40.0 Å². The smallest absolute Gasteiger partial charge is 0.356 e. The third-order valence-electron chi connectivity index (χ3n) is 1.87. The van der Waals surface area contributed by atoms with Gasteiger partial charge >= 0.3 is 5.97 Å². The van der Waals surface area contributed by atoms with Gasteiger partial charge in [0.05, 0.1) is 18.9 Å². The number of anilines is 1. The van der Waals surface area contributed by atoms with E-state index in [2.05, 4.69) is 20.6 Å². The fourth-order valence-corrected chi connectivity index (χ4v) is 1.03. The summed E-state index contributed by atoms with van der Waals surface area (Å²) in [5.41, 5.74) is -0.133. The summed E-state index contributed by atoms with van der Waals surface area (Å²) < 4.78 is 0. The van der Waals surface area contributed by atoms with E-state index in [9.17, 15) is 9.59 Å². The first-order valence-corrected chi connectivity index (χ1v) is 5.19. The van der Waals surface area contributed by atoms with Gasteiger partial charge in [0.1, 0.15) is 5.82 Å². The molecular weight excluding hydrogens is 224 g/mol. The zero-order valence-corrected chi connectivity index (χ0v) is 9.43. The van der Waals surface area contributed by atoms with Crippen LogP contribution >= 0.6 is 0 Å². The average Bonchev–Trinajstić information content (AvgIpc) is 2.34. The molecule has 3 N–H and O–H groups in total. The standard InChI is InChI=1S/C10H14N4O3/c1-2-3-11-9(15)6-14-8-5-12-7(4-13-8)10(16)17/h4-5H,2-3,6H2,1H3,(H,11,15)(H,13,14)(H,16,17). The third kappa shape index (κ3) is 4.45. The van der Waals surface area contributed by atoms with Crippen molar-refractivity contribution in [1.82, 2.24) is 15.3 Å². The van der Waals surface area contributed by atoms with Gasteiger partial charge in [-0.2, -0.15) is 0 Å². The predicted octanol–water partition coefficient (Wildman–Crippen LogP) is 0.113. The zero-order valence-electron chi connectivity index (χ0n) is 9.43. The lowest BCUT2D eigenvalue weighted by Gasteiger charge is -2.05. The van der Waals surface area contributed by atoms with Gasteiger partial charge in [-0.25, -0.2) is 14.8 Å². The lowest BCUT2D eigenvalue weighted by molar-refractivity contribution is -0.119. The maximum absolute atomic E-state index is 11.2. The molecule has 0 radical (unpaired) electrons. The van der Waals surface area contributed by atoms with Crippen molar-refractivity contribution in [3.8, 4) is 0 Å². The Morgan fingerprint density at radius 3 is 2.65 bits per heavy atom. The number of aromatic nitrogens is 2. The van der Waals surface area contributed by atoms with Gasteiger partial charge in [0.15, 0.2) is 5.69 Å². The molecule has 0 fully saturated rings. The largest absolute Gasteiger partial charge is 0.476 e. The van der Waals surface area contributed by atoms with Crippen LogP contribution in [0.4, 0.5) is 5.82 Å². The Hall–Kier alpha value is -2.18. The molecule has 0 aromatic carbocycles. The number of carbonyl (C=O) groups excluding carboxylic acids is 1. The van der Waals surface area contributed by atoms with E-state index in [-0.39, 0.29) is 18.1 Å². The van der Waals surface area contributed by atoms with Gasteiger partial charge in [0.2, 0.25) is 5.91 Å². The van der Waals surface area contributed by atoms with Gasteiger partial charge < -0.3 is 15.7 Å². The molecule has 1 rings (SSSR count). The minimum absolute atomic E-state index is 0.0844. The van der Waals surface area contributed by atoms with Crippen LogP contribution in [-0.2, 0) is 4.79 Å². The van der Waals surface area contributed by atoms with Gasteiger partial charge in [0.25, 0.3) is 0 Å². The first kappa shape index (κ1) is 12.9. The number of hydrogen-bond acceptors (Lipinski definition) is 5. The van der Waals surface area contributed by atoms with Crippen LogP contribution < -0.4 is 10.6 Å². The van der Waals surface area contributed by atoms with Crippen molar-refractivity contribution in [2.45, 2.75) is 13.3 Å². The van der Waals surface area contributed by atoms with E-state index >= 15 is 0 Å². The molecule has 0 saturated heterocycles. The fraction of sp³-hybridized carbons (Fsp3) is 0.400. The second-order valence-corrected chi connectivity index (χ2v) is 3.30. The van der Waals surface area contributed by atoms with Crippen molar-refractivity contribution < 1.29 is 14.7 Å². The lowest BCUT2D eigenvalue weighted by atomic mass is 10.4. The average molecular weight is 238 g/mol. The lowest BCUT2D eigenvalue weighted by Crippen LogP contribution is -2.30. The maximum Gasteiger partial charge on any atom is 0.356 e. The number of hydrogen-bond donors (Lipinski definition) is 3. The number of aromatic carboxylic acids is 1. The minimum Gasteiger partial charge on any atom is -0.476 e. The SMILES string of the molecule is CCCNC(=O)CNc1cnc(C(=O)O)cn1. The first-order valence-electron chi connectivity index (χ1n) is 5.19. The number of rotatable bonds is 6. The summed E-state index contributed by atoms with van der Waals surface area (Å²) in [6.45, 7) is 2.68. The molecule has 17 heavy (non-hydrogen) atoms. The minimum atomic E-state index is -1.13. The second-order valence-electron chi connectivity index (χ2n) is 3.30. The number of carboxylic acid groups (broad SMARTS) is 1. The number of nitrogens with one attached hydrogen (secondary N) is 2. The number of carbonyl (C=O) groups is 2. The van der Waals surface area contributed by atoms with Crippen LogP contribution in [0.25, 0.3) is 0 Å². The van der Waals surface area contributed by atoms with Crippen LogP contribution in [0.1, 0.15) is 23.8 Å². The molecule has 1 amide bonds. The van der Waals surface area contributed by atoms with E-state index in [1.165, 1.54) is 6.20 Å². The molecule has 7 nitrogen and oxygen atoms in total. The Morgan fingerprint density at radius 1 is 1.35 bits per heavy atom. The first-order chi connectivity index (χ1) is 8.13. The van der Waals surface area contributed by atoms with Crippen molar-refractivity contribution in [2.75, 3.05) is 18.4 Å². The summed E-state index contributed by atoms with van der Waals surface area (Å²) in [5.74, 6) is -0.914. The van der Waals surface area contributed by atoms with Crippen LogP contribution in [0, 0.1) is 0 Å². The summed E-state index contributed by atoms with van der Waals surface area (Å²) in [4.78, 5) is 29.2. The Bertz CT molecular complexity index is 391. The van der Waals surface area contributed by atoms with E-state index in [4.69, 9.17) is 5.11 Å². The summed E-state index contributed by atoms with van der Waals surface area (Å²) >= 11 is 0. The van der Waals surface area contributed by atoms with E-state index < -0.39 is 5.97 Å². The molecule has 0 aliphatic heterocycles. The fourth-order valence-electron chi connectivity index (χ4n) is 1.03. The molecule has 0 saturated carbocycles. The number of amides is 1. The molecule has 0 spiro atoms. The Balaban J connectivity index is 2.42. The van der Waals surface area contributed by atoms with Gasteiger partial charge in [-0.1, -0.05) is 6.92 Å². The predicted molar refractivity (Wildman–Crippen MR) is 60.8 cm³/mol. The summed E-state index contributed by atoms with van der Waals surface area (Å²) in [7, 11) is 0. The molecule has 1 aromatic rings. The molecular formula is C10H14N4O3. The van der Waals surface area contributed by atoms with Gasteiger partial charge in [0, 0.05) is 6.54 Å². The number of carboxylic acids is 1. The molecule has 0 bridgehead atoms. The summed E-state index contributed by atoms with van der Waals surface area (Å²) in [5, 5.41) is 14.0. The number of nitrogens with zero attached hydrogens (tertiary/aromatic N) is 2. The van der Waals surface area contributed by atoms with Crippen LogP contribution in [0.15, 0.2) is 12.4 Å². The van der Waals surface area contributed by atoms with Crippen LogP contribution in [0.3, 0.4) is 0 Å². The van der Waals surface area contributed by atoms with E-state index in [0.29, 0.717) is 12.4 Å². The molecule has 0 unspecified atom stereocenters. The van der Waals surface area contributed by atoms with Crippen molar-refractivity contribution in [2.24, 2.45) is 0 Å². The highest BCUT2D eigenvalue weighted by atomic mass is 16.4. The summed E-state index contributed by atoms with van der Waals surface area (Å²) in [6, 6.07) is 0. The van der Waals surface area contributed by atoms with Crippen molar-refractivity contribution in [3.63, 3.8) is 0 Å². The Labute approximate surface area is 98.3 Å². The van der Waals surface area contributed by atoms with E-state index in [1.54, 1.807) is 0 Å². The third-order valence-corrected chi connectivity index (χ3v) is 1.87. The monoisotopic (exact) mass is 238 g/mol. The zero-order chi connectivity index (χ0) is 12.7. The molecule has 1 aromatic heterocycles. The molecule has 0 aliphatic carbocycles. The Morgan fingerprint density at radius 2 is 2.12 bits per heavy atom. The molecule has 1 heterocycles. The molecule has 92 valence electrons. The quantitative estimate of drug-likeness (QED) is 0.650. The molecule has 7 heteroatoms. The highest BCUT2D eigenvalue weighted by Crippen LogP contribution is 2.00. The van der Waals surface area contributed by atoms with E-state index in [1.807, 2.05) is 6.92 Å². The van der Waals surface area contributed by atoms with Gasteiger partial charge in [-0.3, -0.25) is 4.79 Å². The van der Waals surface area contributed by atoms with Crippen LogP contribution in [0.5, 0.6) is 0 Å². The normalized spacial score (nSPS) is 9.71. The van der Waals surface area contributed by atoms with Crippen molar-refractivity contribution >= 4 is 17.7 Å². The molecule has 0 aliphatic rings. The Kier molecular flexibility index (Phi) is 4.86. The second kappa shape index (κ2) is 6.41. The van der Waals surface area contributed by atoms with Crippen molar-refractivity contribution in [3.05, 3.63) is 18.1 Å². The topological polar surface area (TPSA) is 104 Å².